The minimum Gasteiger partial charge on any atom is -0.370 e. The molecule has 0 amide bonds. The Morgan fingerprint density at radius 1 is 1.06 bits per heavy atom. The van der Waals surface area contributed by atoms with Gasteiger partial charge >= 0.3 is 0 Å². The lowest BCUT2D eigenvalue weighted by atomic mass is 10.0. The highest BCUT2D eigenvalue weighted by Crippen LogP contribution is 2.09. The number of hydrogen-bond acceptors (Lipinski definition) is 2. The van der Waals surface area contributed by atoms with Crippen LogP contribution in [0.5, 0.6) is 0 Å². The van der Waals surface area contributed by atoms with E-state index in [0.29, 0.717) is 11.9 Å². The van der Waals surface area contributed by atoms with Gasteiger partial charge in [0.25, 0.3) is 0 Å². The Morgan fingerprint density at radius 2 is 1.71 bits per heavy atom. The van der Waals surface area contributed by atoms with E-state index in [1.807, 2.05) is 0 Å². The Hall–Kier alpha value is -1.26. The molecule has 5 nitrogen and oxygen atoms in total. The van der Waals surface area contributed by atoms with Crippen molar-refractivity contribution in [2.24, 2.45) is 27.4 Å². The number of hydrogen-bond donors (Lipinski definition) is 3. The van der Waals surface area contributed by atoms with E-state index in [2.05, 4.69) is 29.1 Å². The summed E-state index contributed by atoms with van der Waals surface area (Å²) in [6.45, 7) is 5.27. The number of nitrogens with one attached hydrogen (secondary N) is 1. The first kappa shape index (κ1) is 15.7. The Bertz CT molecular complexity index is 245. The maximum atomic E-state index is 5.61. The summed E-state index contributed by atoms with van der Waals surface area (Å²) in [6, 6.07) is 0. The Kier molecular flexibility index (Phi) is 9.19. The van der Waals surface area contributed by atoms with Gasteiger partial charge in [0.1, 0.15) is 0 Å². The zero-order valence-electron chi connectivity index (χ0n) is 11.4. The Morgan fingerprint density at radius 3 is 2.29 bits per heavy atom. The van der Waals surface area contributed by atoms with Crippen LogP contribution in [0.3, 0.4) is 0 Å². The van der Waals surface area contributed by atoms with Crippen LogP contribution in [0.25, 0.3) is 0 Å². The maximum Gasteiger partial charge on any atom is 0.195 e. The molecule has 0 aromatic heterocycles. The second-order valence-corrected chi connectivity index (χ2v) is 4.60. The summed E-state index contributed by atoms with van der Waals surface area (Å²) < 4.78 is 0. The van der Waals surface area contributed by atoms with Crippen molar-refractivity contribution in [2.45, 2.75) is 46.0 Å². The molecule has 0 spiro atoms. The third-order valence-electron chi connectivity index (χ3n) is 2.47. The molecule has 0 radical (unpaired) electrons. The van der Waals surface area contributed by atoms with Crippen LogP contribution in [-0.4, -0.2) is 25.5 Å². The Labute approximate surface area is 105 Å². The van der Waals surface area contributed by atoms with Crippen molar-refractivity contribution in [3.63, 3.8) is 0 Å². The molecule has 17 heavy (non-hydrogen) atoms. The number of aliphatic imine (C=N–C) groups is 2. The summed E-state index contributed by atoms with van der Waals surface area (Å²) in [6.07, 6.45) is 6.19. The summed E-state index contributed by atoms with van der Waals surface area (Å²) in [5.74, 6) is 1.45. The lowest BCUT2D eigenvalue weighted by Gasteiger charge is -2.04. The quantitative estimate of drug-likeness (QED) is 0.358. The van der Waals surface area contributed by atoms with Crippen LogP contribution < -0.4 is 16.8 Å². The third-order valence-corrected chi connectivity index (χ3v) is 2.47. The molecular formula is C12H27N5. The van der Waals surface area contributed by atoms with Gasteiger partial charge in [0.05, 0.1) is 0 Å². The normalized spacial score (nSPS) is 13.2. The predicted molar refractivity (Wildman–Crippen MR) is 75.1 cm³/mol. The monoisotopic (exact) mass is 241 g/mol. The molecule has 0 fully saturated rings. The first-order valence-electron chi connectivity index (χ1n) is 6.35. The van der Waals surface area contributed by atoms with E-state index in [-0.39, 0.29) is 0 Å². The molecule has 0 saturated heterocycles. The maximum absolute atomic E-state index is 5.61. The fourth-order valence-corrected chi connectivity index (χ4v) is 1.44. The predicted octanol–water partition coefficient (Wildman–Crippen LogP) is 1.44. The van der Waals surface area contributed by atoms with Crippen LogP contribution in [0, 0.1) is 5.92 Å². The number of nitrogens with two attached hydrogens (primary N) is 2. The van der Waals surface area contributed by atoms with Crippen LogP contribution in [0.15, 0.2) is 9.98 Å². The van der Waals surface area contributed by atoms with E-state index in [9.17, 15) is 0 Å². The minimum absolute atomic E-state index is 0.295. The van der Waals surface area contributed by atoms with Crippen molar-refractivity contribution in [3.8, 4) is 0 Å². The van der Waals surface area contributed by atoms with Gasteiger partial charge in [-0.05, 0) is 12.3 Å². The summed E-state index contributed by atoms with van der Waals surface area (Å²) >= 11 is 0. The van der Waals surface area contributed by atoms with E-state index in [1.54, 1.807) is 7.05 Å². The van der Waals surface area contributed by atoms with Gasteiger partial charge in [-0.15, -0.1) is 0 Å². The Balaban J connectivity index is 3.46. The van der Waals surface area contributed by atoms with Crippen LogP contribution >= 0.6 is 0 Å². The van der Waals surface area contributed by atoms with Crippen molar-refractivity contribution >= 4 is 11.9 Å². The van der Waals surface area contributed by atoms with E-state index in [1.165, 1.54) is 25.7 Å². The van der Waals surface area contributed by atoms with Crippen LogP contribution in [0.2, 0.25) is 0 Å². The minimum atomic E-state index is 0.295. The molecule has 5 N–H and O–H groups in total. The van der Waals surface area contributed by atoms with E-state index in [0.717, 1.165) is 18.9 Å². The van der Waals surface area contributed by atoms with E-state index < -0.39 is 0 Å². The zero-order valence-corrected chi connectivity index (χ0v) is 11.4. The van der Waals surface area contributed by atoms with Gasteiger partial charge in [-0.25, -0.2) is 0 Å². The lowest BCUT2D eigenvalue weighted by molar-refractivity contribution is 0.521. The average molecular weight is 241 g/mol. The summed E-state index contributed by atoms with van der Waals surface area (Å²) in [7, 11) is 1.60. The van der Waals surface area contributed by atoms with Gasteiger partial charge in [-0.3, -0.25) is 15.3 Å². The molecule has 0 aromatic carbocycles. The molecule has 0 aliphatic carbocycles. The van der Waals surface area contributed by atoms with Gasteiger partial charge < -0.3 is 11.5 Å². The van der Waals surface area contributed by atoms with E-state index >= 15 is 0 Å². The standard InChI is InChI=1S/C12H27N5/c1-10(2)8-6-4-5-7-9-16-12(14)17-11(13)15-3/h10H,4-9H2,1-3H3,(H5,13,14,15,16,17). The van der Waals surface area contributed by atoms with Gasteiger partial charge in [0.2, 0.25) is 0 Å². The number of guanidine groups is 2. The van der Waals surface area contributed by atoms with Gasteiger partial charge in [-0.2, -0.15) is 0 Å². The second-order valence-electron chi connectivity index (χ2n) is 4.60. The third kappa shape index (κ3) is 11.0. The summed E-state index contributed by atoms with van der Waals surface area (Å²) in [5, 5.41) is 2.70. The number of nitrogens with zero attached hydrogens (tertiary/aromatic N) is 2. The van der Waals surface area contributed by atoms with Crippen molar-refractivity contribution in [1.82, 2.24) is 5.32 Å². The smallest absolute Gasteiger partial charge is 0.195 e. The second kappa shape index (κ2) is 9.93. The molecular weight excluding hydrogens is 214 g/mol. The van der Waals surface area contributed by atoms with Gasteiger partial charge in [0, 0.05) is 13.6 Å². The summed E-state index contributed by atoms with van der Waals surface area (Å²) in [4.78, 5) is 7.90. The molecule has 0 unspecified atom stereocenters. The SMILES string of the molecule is CN=C(N)NC(N)=NCCCCCCC(C)C. The van der Waals surface area contributed by atoms with Gasteiger partial charge in [0.15, 0.2) is 11.9 Å². The van der Waals surface area contributed by atoms with Crippen LogP contribution in [0.1, 0.15) is 46.0 Å². The fourth-order valence-electron chi connectivity index (χ4n) is 1.44. The number of unbranched alkanes of at least 4 members (excludes halogenated alkanes) is 3. The zero-order chi connectivity index (χ0) is 13.1. The number of rotatable bonds is 7. The first-order chi connectivity index (χ1) is 8.06. The molecule has 0 aliphatic rings. The summed E-state index contributed by atoms with van der Waals surface area (Å²) in [5.41, 5.74) is 11.1. The largest absolute Gasteiger partial charge is 0.370 e. The molecule has 0 atom stereocenters. The van der Waals surface area contributed by atoms with Crippen molar-refractivity contribution in [1.29, 1.82) is 0 Å². The molecule has 0 heterocycles. The van der Waals surface area contributed by atoms with Gasteiger partial charge in [-0.1, -0.05) is 39.5 Å². The first-order valence-corrected chi connectivity index (χ1v) is 6.35. The van der Waals surface area contributed by atoms with Crippen LogP contribution in [-0.2, 0) is 0 Å². The van der Waals surface area contributed by atoms with Crippen molar-refractivity contribution in [2.75, 3.05) is 13.6 Å². The molecule has 0 rings (SSSR count). The molecule has 0 bridgehead atoms. The highest BCUT2D eigenvalue weighted by Gasteiger charge is 1.95. The highest BCUT2D eigenvalue weighted by atomic mass is 15.2. The van der Waals surface area contributed by atoms with Crippen molar-refractivity contribution in [3.05, 3.63) is 0 Å². The van der Waals surface area contributed by atoms with E-state index in [4.69, 9.17) is 11.5 Å². The fraction of sp³-hybridized carbons (Fsp3) is 0.833. The molecule has 0 aliphatic heterocycles. The molecule has 100 valence electrons. The molecule has 0 saturated carbocycles. The highest BCUT2D eigenvalue weighted by molar-refractivity contribution is 5.96. The van der Waals surface area contributed by atoms with Crippen molar-refractivity contribution < 1.29 is 0 Å². The molecule has 0 aromatic rings. The lowest BCUT2D eigenvalue weighted by Crippen LogP contribution is -2.41. The topological polar surface area (TPSA) is 88.8 Å². The van der Waals surface area contributed by atoms with Crippen LogP contribution in [0.4, 0.5) is 0 Å². The molecule has 5 heteroatoms. The average Bonchev–Trinajstić information content (AvgIpc) is 2.27.